The van der Waals surface area contributed by atoms with Crippen LogP contribution < -0.4 is 0 Å². The summed E-state index contributed by atoms with van der Waals surface area (Å²) in [5.41, 5.74) is 0.395. The Morgan fingerprint density at radius 1 is 1.44 bits per heavy atom. The van der Waals surface area contributed by atoms with Gasteiger partial charge in [0, 0.05) is 20.2 Å². The smallest absolute Gasteiger partial charge is 0.0589 e. The normalized spacial score (nSPS) is 29.6. The summed E-state index contributed by atoms with van der Waals surface area (Å²) in [5.74, 6) is 0.422. The van der Waals surface area contributed by atoms with Gasteiger partial charge in [-0.15, -0.1) is 0 Å². The molecule has 1 rings (SSSR count). The predicted molar refractivity (Wildman–Crippen MR) is 66.5 cm³/mol. The molecular formula is C13H27NO2. The fourth-order valence-corrected chi connectivity index (χ4v) is 2.65. The summed E-state index contributed by atoms with van der Waals surface area (Å²) in [6.07, 6.45) is 3.12. The minimum absolute atomic E-state index is 0.113. The van der Waals surface area contributed by atoms with E-state index < -0.39 is 0 Å². The number of methoxy groups -OCH3 is 1. The molecule has 0 heterocycles. The van der Waals surface area contributed by atoms with Gasteiger partial charge in [0.25, 0.3) is 0 Å². The Hall–Kier alpha value is -0.120. The van der Waals surface area contributed by atoms with Crippen molar-refractivity contribution in [3.63, 3.8) is 0 Å². The molecule has 0 amide bonds. The number of nitrogens with zero attached hydrogens (tertiary/aromatic N) is 1. The molecule has 3 heteroatoms. The predicted octanol–water partition coefficient (Wildman–Crippen LogP) is 1.75. The summed E-state index contributed by atoms with van der Waals surface area (Å²) in [4.78, 5) is 2.26. The largest absolute Gasteiger partial charge is 0.393 e. The Kier molecular flexibility index (Phi) is 5.22. The summed E-state index contributed by atoms with van der Waals surface area (Å²) in [6, 6.07) is 0. The summed E-state index contributed by atoms with van der Waals surface area (Å²) in [5, 5.41) is 10.0. The molecule has 2 atom stereocenters. The molecule has 16 heavy (non-hydrogen) atoms. The summed E-state index contributed by atoms with van der Waals surface area (Å²) in [6.45, 7) is 7.30. The fourth-order valence-electron chi connectivity index (χ4n) is 2.65. The number of likely N-dealkylation sites (N-methyl/N-ethyl adjacent to an activating group) is 1. The summed E-state index contributed by atoms with van der Waals surface area (Å²) >= 11 is 0. The average molecular weight is 229 g/mol. The van der Waals surface area contributed by atoms with Crippen LogP contribution in [-0.2, 0) is 4.74 Å². The van der Waals surface area contributed by atoms with Gasteiger partial charge in [-0.2, -0.15) is 0 Å². The maximum absolute atomic E-state index is 10.0. The third-order valence-electron chi connectivity index (χ3n) is 3.70. The minimum Gasteiger partial charge on any atom is -0.393 e. The van der Waals surface area contributed by atoms with Crippen LogP contribution in [0.15, 0.2) is 0 Å². The highest BCUT2D eigenvalue weighted by Gasteiger charge is 2.34. The van der Waals surface area contributed by atoms with Crippen LogP contribution in [0.2, 0.25) is 0 Å². The van der Waals surface area contributed by atoms with E-state index in [1.165, 1.54) is 0 Å². The zero-order chi connectivity index (χ0) is 12.2. The van der Waals surface area contributed by atoms with Crippen molar-refractivity contribution in [1.82, 2.24) is 4.90 Å². The van der Waals surface area contributed by atoms with Crippen LogP contribution in [-0.4, -0.2) is 50.0 Å². The van der Waals surface area contributed by atoms with Crippen LogP contribution >= 0.6 is 0 Å². The van der Waals surface area contributed by atoms with Crippen molar-refractivity contribution in [1.29, 1.82) is 0 Å². The first-order chi connectivity index (χ1) is 7.44. The molecule has 0 bridgehead atoms. The molecule has 0 aliphatic heterocycles. The van der Waals surface area contributed by atoms with Gasteiger partial charge in [0.15, 0.2) is 0 Å². The zero-order valence-corrected chi connectivity index (χ0v) is 11.2. The lowest BCUT2D eigenvalue weighted by Gasteiger charge is -2.40. The molecule has 0 aromatic heterocycles. The van der Waals surface area contributed by atoms with Gasteiger partial charge in [-0.3, -0.25) is 0 Å². The maximum atomic E-state index is 10.0. The number of hydrogen-bond acceptors (Lipinski definition) is 3. The van der Waals surface area contributed by atoms with Crippen molar-refractivity contribution in [2.75, 3.05) is 33.9 Å². The van der Waals surface area contributed by atoms with E-state index in [4.69, 9.17) is 4.74 Å². The van der Waals surface area contributed by atoms with Gasteiger partial charge < -0.3 is 14.7 Å². The fraction of sp³-hybridized carbons (Fsp3) is 1.00. The molecule has 1 saturated carbocycles. The van der Waals surface area contributed by atoms with E-state index in [2.05, 4.69) is 25.8 Å². The lowest BCUT2D eigenvalue weighted by molar-refractivity contribution is 0.00512. The molecule has 1 fully saturated rings. The summed E-state index contributed by atoms with van der Waals surface area (Å²) in [7, 11) is 3.83. The van der Waals surface area contributed by atoms with E-state index in [9.17, 15) is 5.11 Å². The monoisotopic (exact) mass is 229 g/mol. The minimum atomic E-state index is -0.113. The molecule has 1 aliphatic rings. The van der Waals surface area contributed by atoms with Gasteiger partial charge in [0.2, 0.25) is 0 Å². The highest BCUT2D eigenvalue weighted by molar-refractivity contribution is 4.86. The standard InChI is InChI=1S/C13H27NO2/c1-13(2)6-5-12(15)11(9-13)10-14(3)7-8-16-4/h11-12,15H,5-10H2,1-4H3. The molecule has 96 valence electrons. The number of hydrogen-bond donors (Lipinski definition) is 1. The molecule has 1 aliphatic carbocycles. The van der Waals surface area contributed by atoms with Gasteiger partial charge in [-0.05, 0) is 37.6 Å². The van der Waals surface area contributed by atoms with Crippen LogP contribution in [0.3, 0.4) is 0 Å². The van der Waals surface area contributed by atoms with Gasteiger partial charge in [0.1, 0.15) is 0 Å². The number of aliphatic hydroxyl groups is 1. The average Bonchev–Trinajstić information content (AvgIpc) is 2.20. The van der Waals surface area contributed by atoms with Crippen molar-refractivity contribution in [2.24, 2.45) is 11.3 Å². The molecule has 0 spiro atoms. The first-order valence-corrected chi connectivity index (χ1v) is 6.30. The zero-order valence-electron chi connectivity index (χ0n) is 11.2. The van der Waals surface area contributed by atoms with E-state index in [0.29, 0.717) is 11.3 Å². The van der Waals surface area contributed by atoms with Gasteiger partial charge in [0.05, 0.1) is 12.7 Å². The van der Waals surface area contributed by atoms with Gasteiger partial charge in [-0.25, -0.2) is 0 Å². The van der Waals surface area contributed by atoms with Crippen LogP contribution in [0.1, 0.15) is 33.1 Å². The SMILES string of the molecule is COCCN(C)CC1CC(C)(C)CCC1O. The van der Waals surface area contributed by atoms with Crippen molar-refractivity contribution < 1.29 is 9.84 Å². The number of rotatable bonds is 5. The van der Waals surface area contributed by atoms with Crippen molar-refractivity contribution in [3.8, 4) is 0 Å². The molecule has 3 nitrogen and oxygen atoms in total. The number of aliphatic hydroxyl groups excluding tert-OH is 1. The van der Waals surface area contributed by atoms with Gasteiger partial charge >= 0.3 is 0 Å². The molecule has 0 radical (unpaired) electrons. The lowest BCUT2D eigenvalue weighted by atomic mass is 9.71. The first-order valence-electron chi connectivity index (χ1n) is 6.30. The highest BCUT2D eigenvalue weighted by Crippen LogP contribution is 2.38. The second kappa shape index (κ2) is 5.99. The second-order valence-corrected chi connectivity index (χ2v) is 5.99. The third kappa shape index (κ3) is 4.40. The Morgan fingerprint density at radius 2 is 2.12 bits per heavy atom. The van der Waals surface area contributed by atoms with Crippen LogP contribution in [0.5, 0.6) is 0 Å². The highest BCUT2D eigenvalue weighted by atomic mass is 16.5. The Labute approximate surface area is 99.8 Å². The molecule has 0 saturated heterocycles. The van der Waals surface area contributed by atoms with Crippen LogP contribution in [0.4, 0.5) is 0 Å². The van der Waals surface area contributed by atoms with E-state index in [1.807, 2.05) is 0 Å². The number of ether oxygens (including phenoxy) is 1. The molecular weight excluding hydrogens is 202 g/mol. The topological polar surface area (TPSA) is 32.7 Å². The summed E-state index contributed by atoms with van der Waals surface area (Å²) < 4.78 is 5.07. The Morgan fingerprint density at radius 3 is 2.75 bits per heavy atom. The van der Waals surface area contributed by atoms with E-state index >= 15 is 0 Å². The van der Waals surface area contributed by atoms with E-state index in [0.717, 1.165) is 39.0 Å². The third-order valence-corrected chi connectivity index (χ3v) is 3.70. The van der Waals surface area contributed by atoms with E-state index in [1.54, 1.807) is 7.11 Å². The Balaban J connectivity index is 2.38. The van der Waals surface area contributed by atoms with Crippen molar-refractivity contribution in [3.05, 3.63) is 0 Å². The molecule has 0 aromatic rings. The quantitative estimate of drug-likeness (QED) is 0.779. The van der Waals surface area contributed by atoms with Crippen LogP contribution in [0, 0.1) is 11.3 Å². The van der Waals surface area contributed by atoms with Crippen LogP contribution in [0.25, 0.3) is 0 Å². The van der Waals surface area contributed by atoms with Crippen molar-refractivity contribution in [2.45, 2.75) is 39.2 Å². The van der Waals surface area contributed by atoms with Gasteiger partial charge in [-0.1, -0.05) is 13.8 Å². The second-order valence-electron chi connectivity index (χ2n) is 5.99. The molecule has 2 unspecified atom stereocenters. The van der Waals surface area contributed by atoms with Crippen molar-refractivity contribution >= 4 is 0 Å². The molecule has 0 aromatic carbocycles. The lowest BCUT2D eigenvalue weighted by Crippen LogP contribution is -2.40. The maximum Gasteiger partial charge on any atom is 0.0589 e. The Bertz CT molecular complexity index is 206. The first kappa shape index (κ1) is 13.9. The molecule has 1 N–H and O–H groups in total. The van der Waals surface area contributed by atoms with E-state index in [-0.39, 0.29) is 6.10 Å².